The topological polar surface area (TPSA) is 65.9 Å². The zero-order valence-electron chi connectivity index (χ0n) is 13.0. The van der Waals surface area contributed by atoms with E-state index in [1.54, 1.807) is 25.4 Å². The zero-order chi connectivity index (χ0) is 16.2. The average Bonchev–Trinajstić information content (AvgIpc) is 2.62. The van der Waals surface area contributed by atoms with Gasteiger partial charge >= 0.3 is 5.97 Å². The van der Waals surface area contributed by atoms with Gasteiger partial charge < -0.3 is 19.6 Å². The third-order valence-corrected chi connectivity index (χ3v) is 4.02. The minimum Gasteiger partial charge on any atom is -0.495 e. The fourth-order valence-electron chi connectivity index (χ4n) is 2.87. The van der Waals surface area contributed by atoms with E-state index in [2.05, 4.69) is 9.88 Å². The van der Waals surface area contributed by atoms with Gasteiger partial charge in [-0.15, -0.1) is 0 Å². The number of aromatic nitrogens is 1. The number of anilines is 2. The van der Waals surface area contributed by atoms with Crippen LogP contribution in [0.1, 0.15) is 10.4 Å². The third kappa shape index (κ3) is 3.06. The molecule has 0 spiro atoms. The summed E-state index contributed by atoms with van der Waals surface area (Å²) in [7, 11) is 1.67. The predicted molar refractivity (Wildman–Crippen MR) is 88.6 cm³/mol. The number of pyridine rings is 1. The lowest BCUT2D eigenvalue weighted by Gasteiger charge is -2.37. The van der Waals surface area contributed by atoms with Gasteiger partial charge in [0, 0.05) is 32.4 Å². The molecule has 23 heavy (non-hydrogen) atoms. The van der Waals surface area contributed by atoms with Gasteiger partial charge in [-0.05, 0) is 24.3 Å². The molecule has 3 rings (SSSR count). The number of hydrogen-bond acceptors (Lipinski definition) is 5. The maximum atomic E-state index is 11.3. The Bertz CT molecular complexity index is 697. The summed E-state index contributed by atoms with van der Waals surface area (Å²) in [6, 6.07) is 11.2. The maximum absolute atomic E-state index is 11.3. The van der Waals surface area contributed by atoms with Gasteiger partial charge in [-0.25, -0.2) is 9.78 Å². The number of carboxylic acid groups (broad SMARTS) is 1. The van der Waals surface area contributed by atoms with E-state index in [-0.39, 0.29) is 5.56 Å². The summed E-state index contributed by atoms with van der Waals surface area (Å²) in [6.45, 7) is 3.01. The smallest absolute Gasteiger partial charge is 0.339 e. The van der Waals surface area contributed by atoms with Gasteiger partial charge in [0.25, 0.3) is 0 Å². The Balaban J connectivity index is 1.75. The van der Waals surface area contributed by atoms with E-state index in [4.69, 9.17) is 4.74 Å². The number of rotatable bonds is 4. The molecule has 6 nitrogen and oxygen atoms in total. The van der Waals surface area contributed by atoms with E-state index in [1.165, 1.54) is 0 Å². The Hall–Kier alpha value is -2.76. The van der Waals surface area contributed by atoms with Gasteiger partial charge in [-0.1, -0.05) is 12.1 Å². The molecule has 120 valence electrons. The molecule has 0 aliphatic carbocycles. The van der Waals surface area contributed by atoms with E-state index in [0.717, 1.165) is 37.6 Å². The van der Waals surface area contributed by atoms with Crippen molar-refractivity contribution in [3.63, 3.8) is 0 Å². The second-order valence-electron chi connectivity index (χ2n) is 5.33. The van der Waals surface area contributed by atoms with E-state index >= 15 is 0 Å². The minimum absolute atomic E-state index is 0.248. The minimum atomic E-state index is -0.944. The Labute approximate surface area is 134 Å². The van der Waals surface area contributed by atoms with Crippen molar-refractivity contribution < 1.29 is 14.6 Å². The molecular formula is C17H19N3O3. The number of nitrogens with zero attached hydrogens (tertiary/aromatic N) is 3. The summed E-state index contributed by atoms with van der Waals surface area (Å²) in [5, 5.41) is 9.30. The molecule has 0 saturated carbocycles. The van der Waals surface area contributed by atoms with Crippen LogP contribution in [0.5, 0.6) is 5.75 Å². The van der Waals surface area contributed by atoms with Gasteiger partial charge in [0.2, 0.25) is 0 Å². The second-order valence-corrected chi connectivity index (χ2v) is 5.33. The summed E-state index contributed by atoms with van der Waals surface area (Å²) in [4.78, 5) is 19.9. The van der Waals surface area contributed by atoms with Gasteiger partial charge in [0.15, 0.2) is 0 Å². The number of ether oxygens (including phenoxy) is 1. The number of carboxylic acids is 1. The molecule has 1 aromatic heterocycles. The molecule has 0 unspecified atom stereocenters. The number of benzene rings is 1. The monoisotopic (exact) mass is 313 g/mol. The SMILES string of the molecule is COc1ccccc1N1CCN(c2ncccc2C(=O)O)CC1. The number of hydrogen-bond donors (Lipinski definition) is 1. The molecule has 1 aliphatic heterocycles. The van der Waals surface area contributed by atoms with E-state index in [1.807, 2.05) is 29.2 Å². The van der Waals surface area contributed by atoms with Crippen LogP contribution in [-0.4, -0.2) is 49.3 Å². The van der Waals surface area contributed by atoms with E-state index < -0.39 is 5.97 Å². The molecule has 2 heterocycles. The zero-order valence-corrected chi connectivity index (χ0v) is 13.0. The van der Waals surface area contributed by atoms with Crippen LogP contribution in [-0.2, 0) is 0 Å². The number of carbonyl (C=O) groups is 1. The highest BCUT2D eigenvalue weighted by atomic mass is 16.5. The number of aromatic carboxylic acids is 1. The average molecular weight is 313 g/mol. The van der Waals surface area contributed by atoms with Crippen LogP contribution in [0, 0.1) is 0 Å². The Kier molecular flexibility index (Phi) is 4.32. The first kappa shape index (κ1) is 15.1. The summed E-state index contributed by atoms with van der Waals surface area (Å²) in [6.07, 6.45) is 1.63. The largest absolute Gasteiger partial charge is 0.495 e. The fraction of sp³-hybridized carbons (Fsp3) is 0.294. The quantitative estimate of drug-likeness (QED) is 0.932. The van der Waals surface area contributed by atoms with Crippen molar-refractivity contribution in [2.24, 2.45) is 0 Å². The highest BCUT2D eigenvalue weighted by Gasteiger charge is 2.23. The maximum Gasteiger partial charge on any atom is 0.339 e. The third-order valence-electron chi connectivity index (χ3n) is 4.02. The van der Waals surface area contributed by atoms with Crippen molar-refractivity contribution in [2.45, 2.75) is 0 Å². The van der Waals surface area contributed by atoms with Crippen LogP contribution in [0.2, 0.25) is 0 Å². The van der Waals surface area contributed by atoms with Crippen LogP contribution >= 0.6 is 0 Å². The van der Waals surface area contributed by atoms with Gasteiger partial charge in [0.1, 0.15) is 17.1 Å². The molecule has 2 aromatic rings. The van der Waals surface area contributed by atoms with Crippen molar-refractivity contribution in [3.8, 4) is 5.75 Å². The van der Waals surface area contributed by atoms with Crippen molar-refractivity contribution in [1.29, 1.82) is 0 Å². The van der Waals surface area contributed by atoms with E-state index in [0.29, 0.717) is 5.82 Å². The molecule has 0 bridgehead atoms. The molecule has 1 aromatic carbocycles. The molecule has 1 aliphatic rings. The normalized spacial score (nSPS) is 14.7. The number of methoxy groups -OCH3 is 1. The van der Waals surface area contributed by atoms with Gasteiger partial charge in [-0.2, -0.15) is 0 Å². The molecule has 1 fully saturated rings. The summed E-state index contributed by atoms with van der Waals surface area (Å²) in [5.41, 5.74) is 1.31. The Morgan fingerprint density at radius 2 is 1.78 bits per heavy atom. The Morgan fingerprint density at radius 1 is 1.09 bits per heavy atom. The summed E-state index contributed by atoms with van der Waals surface area (Å²) >= 11 is 0. The van der Waals surface area contributed by atoms with Gasteiger partial charge in [-0.3, -0.25) is 0 Å². The van der Waals surface area contributed by atoms with Crippen LogP contribution in [0.25, 0.3) is 0 Å². The van der Waals surface area contributed by atoms with Crippen molar-refractivity contribution >= 4 is 17.5 Å². The van der Waals surface area contributed by atoms with Crippen LogP contribution in [0.15, 0.2) is 42.6 Å². The standard InChI is InChI=1S/C17H19N3O3/c1-23-15-7-3-2-6-14(15)19-9-11-20(12-10-19)16-13(17(21)22)5-4-8-18-16/h2-8H,9-12H2,1H3,(H,21,22). The lowest BCUT2D eigenvalue weighted by molar-refractivity contribution is 0.0697. The lowest BCUT2D eigenvalue weighted by atomic mass is 10.2. The molecular weight excluding hydrogens is 294 g/mol. The van der Waals surface area contributed by atoms with Crippen molar-refractivity contribution in [1.82, 2.24) is 4.98 Å². The van der Waals surface area contributed by atoms with Crippen LogP contribution in [0.4, 0.5) is 11.5 Å². The second kappa shape index (κ2) is 6.56. The molecule has 0 amide bonds. The molecule has 0 atom stereocenters. The first-order chi connectivity index (χ1) is 11.2. The molecule has 1 N–H and O–H groups in total. The van der Waals surface area contributed by atoms with Crippen molar-refractivity contribution in [3.05, 3.63) is 48.2 Å². The predicted octanol–water partition coefficient (Wildman–Crippen LogP) is 2.12. The lowest BCUT2D eigenvalue weighted by Crippen LogP contribution is -2.47. The van der Waals surface area contributed by atoms with Gasteiger partial charge in [0.05, 0.1) is 12.8 Å². The summed E-state index contributed by atoms with van der Waals surface area (Å²) < 4.78 is 5.42. The highest BCUT2D eigenvalue weighted by Crippen LogP contribution is 2.29. The number of para-hydroxylation sites is 2. The molecule has 1 saturated heterocycles. The van der Waals surface area contributed by atoms with Crippen LogP contribution < -0.4 is 14.5 Å². The Morgan fingerprint density at radius 3 is 2.48 bits per heavy atom. The molecule has 6 heteroatoms. The van der Waals surface area contributed by atoms with Crippen molar-refractivity contribution in [2.75, 3.05) is 43.1 Å². The number of piperazine rings is 1. The molecule has 0 radical (unpaired) electrons. The first-order valence-electron chi connectivity index (χ1n) is 7.52. The summed E-state index contributed by atoms with van der Waals surface area (Å²) in [5.74, 6) is 0.449. The van der Waals surface area contributed by atoms with Crippen LogP contribution in [0.3, 0.4) is 0 Å². The first-order valence-corrected chi connectivity index (χ1v) is 7.52. The van der Waals surface area contributed by atoms with E-state index in [9.17, 15) is 9.90 Å². The fourth-order valence-corrected chi connectivity index (χ4v) is 2.87. The highest BCUT2D eigenvalue weighted by molar-refractivity contribution is 5.93.